The monoisotopic (exact) mass is 638 g/mol. The van der Waals surface area contributed by atoms with Crippen LogP contribution in [0.25, 0.3) is 82.8 Å². The Morgan fingerprint density at radius 3 is 1.64 bits per heavy atom. The van der Waals surface area contributed by atoms with Crippen LogP contribution in [-0.4, -0.2) is 9.13 Å². The fourth-order valence-corrected chi connectivity index (χ4v) is 8.15. The van der Waals surface area contributed by atoms with E-state index < -0.39 is 0 Å². The number of aromatic nitrogens is 2. The van der Waals surface area contributed by atoms with Gasteiger partial charge in [0.1, 0.15) is 0 Å². The maximum absolute atomic E-state index is 2.54. The molecule has 0 radical (unpaired) electrons. The summed E-state index contributed by atoms with van der Waals surface area (Å²) in [6.45, 7) is 0. The van der Waals surface area contributed by atoms with Crippen molar-refractivity contribution in [2.45, 2.75) is 12.8 Å². The molecule has 0 bridgehead atoms. The number of fused-ring (bicyclic) bond motifs is 6. The molecule has 0 atom stereocenters. The summed E-state index contributed by atoms with van der Waals surface area (Å²) in [5.41, 5.74) is 14.6. The maximum Gasteiger partial charge on any atom is 0.0620 e. The first-order valence-electron chi connectivity index (χ1n) is 17.5. The van der Waals surface area contributed by atoms with Crippen LogP contribution in [0.15, 0.2) is 182 Å². The van der Waals surface area contributed by atoms with Crippen molar-refractivity contribution in [3.63, 3.8) is 0 Å². The molecule has 1 aliphatic rings. The van der Waals surface area contributed by atoms with Crippen LogP contribution in [0.4, 0.5) is 0 Å². The zero-order valence-electron chi connectivity index (χ0n) is 27.6. The Morgan fingerprint density at radius 1 is 0.400 bits per heavy atom. The summed E-state index contributed by atoms with van der Waals surface area (Å²) >= 11 is 0. The highest BCUT2D eigenvalue weighted by Crippen LogP contribution is 2.44. The van der Waals surface area contributed by atoms with E-state index in [2.05, 4.69) is 191 Å². The first kappa shape index (κ1) is 28.6. The van der Waals surface area contributed by atoms with E-state index in [-0.39, 0.29) is 0 Å². The molecular weight excluding hydrogens is 605 g/mol. The van der Waals surface area contributed by atoms with E-state index in [4.69, 9.17) is 0 Å². The highest BCUT2D eigenvalue weighted by molar-refractivity contribution is 6.19. The van der Waals surface area contributed by atoms with Gasteiger partial charge in [0.05, 0.1) is 27.8 Å². The van der Waals surface area contributed by atoms with Crippen LogP contribution in [0, 0.1) is 0 Å². The summed E-state index contributed by atoms with van der Waals surface area (Å²) in [5, 5.41) is 5.02. The first-order valence-corrected chi connectivity index (χ1v) is 17.5. The Hall–Kier alpha value is -6.38. The molecule has 0 amide bonds. The molecule has 2 heteroatoms. The van der Waals surface area contributed by atoms with Crippen molar-refractivity contribution >= 4 is 49.2 Å². The normalized spacial score (nSPS) is 13.1. The molecule has 2 nitrogen and oxygen atoms in total. The topological polar surface area (TPSA) is 9.86 Å². The molecule has 236 valence electrons. The summed E-state index contributed by atoms with van der Waals surface area (Å²) in [6.07, 6.45) is 9.15. The van der Waals surface area contributed by atoms with Gasteiger partial charge in [-0.15, -0.1) is 0 Å². The van der Waals surface area contributed by atoms with Crippen molar-refractivity contribution in [1.29, 1.82) is 0 Å². The van der Waals surface area contributed by atoms with Gasteiger partial charge in [-0.2, -0.15) is 0 Å². The van der Waals surface area contributed by atoms with Gasteiger partial charge >= 0.3 is 0 Å². The molecule has 0 saturated heterocycles. The standard InChI is InChI=1S/C48H34N2/c1-4-16-33(17-5-1)35-30-31-37(34-18-6-2-7-19-34)46(32-35)50-45-29-13-11-23-39(45)41-25-15-27-43(48(41)50)42-26-14-24-40-38-22-10-12-28-44(38)49(47(40)42)36-20-8-3-9-21-36/h1,3-6,8-32H,2,7H2. The third-order valence-electron chi connectivity index (χ3n) is 10.3. The van der Waals surface area contributed by atoms with E-state index in [0.717, 1.165) is 18.5 Å². The second-order valence-corrected chi connectivity index (χ2v) is 13.2. The Labute approximate surface area is 291 Å². The smallest absolute Gasteiger partial charge is 0.0620 e. The summed E-state index contributed by atoms with van der Waals surface area (Å²) in [6, 6.07) is 59.9. The average Bonchev–Trinajstić information content (AvgIpc) is 3.72. The highest BCUT2D eigenvalue weighted by Gasteiger charge is 2.23. The predicted octanol–water partition coefficient (Wildman–Crippen LogP) is 12.9. The van der Waals surface area contributed by atoms with Crippen LogP contribution in [0.3, 0.4) is 0 Å². The van der Waals surface area contributed by atoms with Crippen LogP contribution < -0.4 is 0 Å². The third-order valence-corrected chi connectivity index (χ3v) is 10.3. The molecule has 1 aliphatic carbocycles. The van der Waals surface area contributed by atoms with Crippen molar-refractivity contribution in [1.82, 2.24) is 9.13 Å². The van der Waals surface area contributed by atoms with Gasteiger partial charge in [0.2, 0.25) is 0 Å². The predicted molar refractivity (Wildman–Crippen MR) is 212 cm³/mol. The highest BCUT2D eigenvalue weighted by atomic mass is 15.0. The molecule has 0 aliphatic heterocycles. The fraction of sp³-hybridized carbons (Fsp3) is 0.0417. The van der Waals surface area contributed by atoms with E-state index in [1.807, 2.05) is 0 Å². The van der Waals surface area contributed by atoms with Gasteiger partial charge in [0, 0.05) is 43.9 Å². The van der Waals surface area contributed by atoms with Crippen molar-refractivity contribution in [2.24, 2.45) is 0 Å². The number of benzene rings is 7. The van der Waals surface area contributed by atoms with Gasteiger partial charge < -0.3 is 9.13 Å². The zero-order valence-corrected chi connectivity index (χ0v) is 27.6. The van der Waals surface area contributed by atoms with Crippen molar-refractivity contribution < 1.29 is 0 Å². The largest absolute Gasteiger partial charge is 0.309 e. The molecule has 7 aromatic carbocycles. The Morgan fingerprint density at radius 2 is 0.980 bits per heavy atom. The molecule has 0 N–H and O–H groups in total. The minimum Gasteiger partial charge on any atom is -0.309 e. The number of allylic oxidation sites excluding steroid dienone is 4. The summed E-state index contributed by atoms with van der Waals surface area (Å²) in [7, 11) is 0. The Bertz CT molecular complexity index is 2790. The Kier molecular flexibility index (Phi) is 6.67. The van der Waals surface area contributed by atoms with Crippen LogP contribution in [0.5, 0.6) is 0 Å². The number of hydrogen-bond donors (Lipinski definition) is 0. The third kappa shape index (κ3) is 4.42. The van der Waals surface area contributed by atoms with E-state index in [1.165, 1.54) is 82.7 Å². The van der Waals surface area contributed by atoms with E-state index in [1.54, 1.807) is 0 Å². The zero-order chi connectivity index (χ0) is 33.0. The molecule has 0 unspecified atom stereocenters. The molecule has 10 rings (SSSR count). The molecule has 0 fully saturated rings. The second kappa shape index (κ2) is 11.6. The van der Waals surface area contributed by atoms with Gasteiger partial charge in [0.25, 0.3) is 0 Å². The van der Waals surface area contributed by atoms with E-state index in [0.29, 0.717) is 0 Å². The SMILES string of the molecule is C1=CC(c2ccc(-c3ccccc3)cc2-n2c3ccccc3c3cccc(-c4cccc5c6ccccc6n(-c6ccccc6)c45)c32)=CCC1. The first-order chi connectivity index (χ1) is 24.8. The molecular formula is C48H34N2. The number of para-hydroxylation sites is 5. The molecule has 50 heavy (non-hydrogen) atoms. The number of rotatable bonds is 5. The van der Waals surface area contributed by atoms with Gasteiger partial charge in [-0.1, -0.05) is 152 Å². The lowest BCUT2D eigenvalue weighted by atomic mass is 9.94. The van der Waals surface area contributed by atoms with Gasteiger partial charge in [0.15, 0.2) is 0 Å². The van der Waals surface area contributed by atoms with Crippen molar-refractivity contribution in [2.75, 3.05) is 0 Å². The van der Waals surface area contributed by atoms with Crippen LogP contribution in [0.2, 0.25) is 0 Å². The van der Waals surface area contributed by atoms with Crippen molar-refractivity contribution in [3.05, 3.63) is 188 Å². The second-order valence-electron chi connectivity index (χ2n) is 13.2. The molecule has 0 saturated carbocycles. The van der Waals surface area contributed by atoms with Gasteiger partial charge in [-0.05, 0) is 59.9 Å². The lowest BCUT2D eigenvalue weighted by molar-refractivity contribution is 1.04. The molecule has 0 spiro atoms. The quantitative estimate of drug-likeness (QED) is 0.178. The van der Waals surface area contributed by atoms with Crippen LogP contribution >= 0.6 is 0 Å². The van der Waals surface area contributed by atoms with Gasteiger partial charge in [-0.3, -0.25) is 0 Å². The van der Waals surface area contributed by atoms with E-state index in [9.17, 15) is 0 Å². The minimum atomic E-state index is 1.05. The Balaban J connectivity index is 1.35. The molecule has 2 aromatic heterocycles. The van der Waals surface area contributed by atoms with Crippen LogP contribution in [-0.2, 0) is 0 Å². The minimum absolute atomic E-state index is 1.05. The van der Waals surface area contributed by atoms with Crippen molar-refractivity contribution in [3.8, 4) is 33.6 Å². The van der Waals surface area contributed by atoms with E-state index >= 15 is 0 Å². The summed E-state index contributed by atoms with van der Waals surface area (Å²) in [5.74, 6) is 0. The summed E-state index contributed by atoms with van der Waals surface area (Å²) < 4.78 is 4.99. The summed E-state index contributed by atoms with van der Waals surface area (Å²) in [4.78, 5) is 0. The average molecular weight is 639 g/mol. The molecule has 9 aromatic rings. The number of nitrogens with zero attached hydrogens (tertiary/aromatic N) is 2. The van der Waals surface area contributed by atoms with Gasteiger partial charge in [-0.25, -0.2) is 0 Å². The lowest BCUT2D eigenvalue weighted by Crippen LogP contribution is -2.02. The number of hydrogen-bond acceptors (Lipinski definition) is 0. The molecule has 2 heterocycles. The van der Waals surface area contributed by atoms with Crippen LogP contribution in [0.1, 0.15) is 18.4 Å². The lowest BCUT2D eigenvalue weighted by Gasteiger charge is -2.19. The maximum atomic E-state index is 2.54. The fourth-order valence-electron chi connectivity index (χ4n) is 8.15.